The largest absolute Gasteiger partial charge is 0.497 e. The van der Waals surface area contributed by atoms with Crippen LogP contribution in [0.3, 0.4) is 0 Å². The number of fused-ring (bicyclic) bond motifs is 1. The van der Waals surface area contributed by atoms with E-state index in [0.29, 0.717) is 10.8 Å². The highest BCUT2D eigenvalue weighted by Crippen LogP contribution is 2.36. The molecular weight excluding hydrogens is 344 g/mol. The van der Waals surface area contributed by atoms with Crippen LogP contribution in [0.4, 0.5) is 0 Å². The third kappa shape index (κ3) is 2.85. The second-order valence-corrected chi connectivity index (χ2v) is 7.08. The molecule has 0 aliphatic carbocycles. The lowest BCUT2D eigenvalue weighted by molar-refractivity contribution is 0.102. The average Bonchev–Trinajstić information content (AvgIpc) is 3.18. The Morgan fingerprint density at radius 1 is 1.08 bits per heavy atom. The Labute approximate surface area is 155 Å². The number of nitrogens with zero attached hydrogens (tertiary/aromatic N) is 2. The van der Waals surface area contributed by atoms with Gasteiger partial charge < -0.3 is 9.84 Å². The smallest absolute Gasteiger partial charge is 0.138 e. The summed E-state index contributed by atoms with van der Waals surface area (Å²) in [7, 11) is 1.61. The van der Waals surface area contributed by atoms with Crippen molar-refractivity contribution in [1.29, 1.82) is 0 Å². The summed E-state index contributed by atoms with van der Waals surface area (Å²) < 4.78 is 5.27. The molecule has 0 amide bonds. The van der Waals surface area contributed by atoms with Crippen LogP contribution in [0.15, 0.2) is 66.2 Å². The molecule has 0 saturated heterocycles. The lowest BCUT2D eigenvalue weighted by Gasteiger charge is -2.21. The van der Waals surface area contributed by atoms with Gasteiger partial charge >= 0.3 is 0 Å². The second kappa shape index (κ2) is 6.52. The number of aromatic nitrogens is 2. The van der Waals surface area contributed by atoms with Crippen molar-refractivity contribution in [2.45, 2.75) is 12.5 Å². The molecule has 26 heavy (non-hydrogen) atoms. The van der Waals surface area contributed by atoms with Gasteiger partial charge in [0.25, 0.3) is 0 Å². The molecule has 4 nitrogen and oxygen atoms in total. The Balaban J connectivity index is 1.77. The minimum Gasteiger partial charge on any atom is -0.497 e. The highest BCUT2D eigenvalue weighted by molar-refractivity contribution is 7.10. The van der Waals surface area contributed by atoms with Crippen LogP contribution < -0.4 is 4.74 Å². The van der Waals surface area contributed by atoms with Crippen LogP contribution in [0.2, 0.25) is 0 Å². The van der Waals surface area contributed by atoms with Gasteiger partial charge in [0, 0.05) is 22.5 Å². The zero-order valence-corrected chi connectivity index (χ0v) is 15.3. The van der Waals surface area contributed by atoms with Gasteiger partial charge in [0.2, 0.25) is 0 Å². The van der Waals surface area contributed by atoms with Crippen molar-refractivity contribution < 1.29 is 9.84 Å². The predicted octanol–water partition coefficient (Wildman–Crippen LogP) is 4.62. The Kier molecular flexibility index (Phi) is 4.18. The van der Waals surface area contributed by atoms with Crippen molar-refractivity contribution >= 4 is 22.2 Å². The predicted molar refractivity (Wildman–Crippen MR) is 105 cm³/mol. The molecule has 0 spiro atoms. The Hall–Kier alpha value is -2.76. The highest BCUT2D eigenvalue weighted by atomic mass is 32.1. The van der Waals surface area contributed by atoms with Crippen LogP contribution in [-0.2, 0) is 5.60 Å². The van der Waals surface area contributed by atoms with Gasteiger partial charge in [-0.15, -0.1) is 11.3 Å². The van der Waals surface area contributed by atoms with E-state index in [1.807, 2.05) is 60.0 Å². The minimum atomic E-state index is -1.20. The average molecular weight is 362 g/mol. The summed E-state index contributed by atoms with van der Waals surface area (Å²) in [4.78, 5) is 9.22. The van der Waals surface area contributed by atoms with E-state index in [1.54, 1.807) is 20.2 Å². The van der Waals surface area contributed by atoms with Crippen LogP contribution >= 0.6 is 11.3 Å². The van der Waals surface area contributed by atoms with Gasteiger partial charge in [0.1, 0.15) is 16.4 Å². The van der Waals surface area contributed by atoms with E-state index < -0.39 is 5.60 Å². The lowest BCUT2D eigenvalue weighted by atomic mass is 9.96. The maximum absolute atomic E-state index is 11.1. The number of aliphatic hydroxyl groups is 1. The molecule has 0 aliphatic rings. The molecule has 1 unspecified atom stereocenters. The van der Waals surface area contributed by atoms with Crippen LogP contribution in [0.25, 0.3) is 22.2 Å². The van der Waals surface area contributed by atoms with E-state index >= 15 is 0 Å². The molecular formula is C21H18N2O2S. The third-order valence-electron chi connectivity index (χ3n) is 4.46. The van der Waals surface area contributed by atoms with Gasteiger partial charge in [-0.05, 0) is 30.7 Å². The van der Waals surface area contributed by atoms with Gasteiger partial charge in [-0.3, -0.25) is 4.98 Å². The molecule has 0 fully saturated rings. The number of thiazole rings is 1. The number of pyridine rings is 1. The fourth-order valence-corrected chi connectivity index (χ4v) is 3.88. The molecule has 0 saturated carbocycles. The fourth-order valence-electron chi connectivity index (χ4n) is 2.98. The number of para-hydroxylation sites is 1. The quantitative estimate of drug-likeness (QED) is 0.575. The molecule has 1 N–H and O–H groups in total. The van der Waals surface area contributed by atoms with E-state index in [0.717, 1.165) is 27.7 Å². The summed E-state index contributed by atoms with van der Waals surface area (Å²) in [5.74, 6) is 0.706. The molecule has 4 rings (SSSR count). The molecule has 4 aromatic rings. The molecule has 2 heterocycles. The van der Waals surface area contributed by atoms with Crippen LogP contribution in [0.5, 0.6) is 5.75 Å². The minimum absolute atomic E-state index is 0.633. The molecule has 0 radical (unpaired) electrons. The number of benzene rings is 2. The number of methoxy groups -OCH3 is 1. The Bertz CT molecular complexity index is 1070. The zero-order valence-electron chi connectivity index (χ0n) is 14.5. The second-order valence-electron chi connectivity index (χ2n) is 6.22. The highest BCUT2D eigenvalue weighted by Gasteiger charge is 2.30. The molecule has 130 valence electrons. The molecule has 5 heteroatoms. The maximum Gasteiger partial charge on any atom is 0.138 e. The van der Waals surface area contributed by atoms with Crippen LogP contribution in [0, 0.1) is 0 Å². The maximum atomic E-state index is 11.1. The number of rotatable bonds is 4. The van der Waals surface area contributed by atoms with Crippen LogP contribution in [-0.4, -0.2) is 22.2 Å². The summed E-state index contributed by atoms with van der Waals surface area (Å²) in [5.41, 5.74) is 2.24. The standard InChI is InChI=1S/C21H18N2O2S/c1-21(24,15-8-4-9-16(12-15)25-2)20-23-18(13-26-20)17-10-3-6-14-7-5-11-22-19(14)17/h3-13,24H,1-2H3. The SMILES string of the molecule is COc1cccc(C(C)(O)c2nc(-c3cccc4cccnc34)cs2)c1. The summed E-state index contributed by atoms with van der Waals surface area (Å²) in [6.45, 7) is 1.76. The molecule has 0 aliphatic heterocycles. The third-order valence-corrected chi connectivity index (χ3v) is 5.51. The Morgan fingerprint density at radius 2 is 1.88 bits per heavy atom. The fraction of sp³-hybridized carbons (Fsp3) is 0.143. The summed E-state index contributed by atoms with van der Waals surface area (Å²) in [6, 6.07) is 17.4. The van der Waals surface area contributed by atoms with Gasteiger partial charge in [0.05, 0.1) is 18.3 Å². The van der Waals surface area contributed by atoms with Crippen molar-refractivity contribution in [2.75, 3.05) is 7.11 Å². The topological polar surface area (TPSA) is 55.2 Å². The lowest BCUT2D eigenvalue weighted by Crippen LogP contribution is -2.22. The van der Waals surface area contributed by atoms with E-state index in [9.17, 15) is 5.11 Å². The van der Waals surface area contributed by atoms with Gasteiger partial charge in [-0.25, -0.2) is 4.98 Å². The van der Waals surface area contributed by atoms with Crippen molar-refractivity contribution in [3.05, 3.63) is 76.7 Å². The van der Waals surface area contributed by atoms with Crippen LogP contribution in [0.1, 0.15) is 17.5 Å². The van der Waals surface area contributed by atoms with E-state index in [4.69, 9.17) is 9.72 Å². The molecule has 2 aromatic heterocycles. The first-order valence-corrected chi connectivity index (χ1v) is 9.14. The summed E-state index contributed by atoms with van der Waals surface area (Å²) >= 11 is 1.44. The molecule has 1 atom stereocenters. The van der Waals surface area contributed by atoms with E-state index in [1.165, 1.54) is 11.3 Å². The van der Waals surface area contributed by atoms with Crippen molar-refractivity contribution in [3.63, 3.8) is 0 Å². The number of ether oxygens (including phenoxy) is 1. The van der Waals surface area contributed by atoms with E-state index in [2.05, 4.69) is 4.98 Å². The zero-order chi connectivity index (χ0) is 18.1. The first kappa shape index (κ1) is 16.7. The summed E-state index contributed by atoms with van der Waals surface area (Å²) in [6.07, 6.45) is 1.78. The van der Waals surface area contributed by atoms with Crippen molar-refractivity contribution in [1.82, 2.24) is 9.97 Å². The van der Waals surface area contributed by atoms with E-state index in [-0.39, 0.29) is 0 Å². The van der Waals surface area contributed by atoms with Gasteiger partial charge in [0.15, 0.2) is 0 Å². The number of hydrogen-bond acceptors (Lipinski definition) is 5. The Morgan fingerprint density at radius 3 is 2.73 bits per heavy atom. The van der Waals surface area contributed by atoms with Crippen molar-refractivity contribution in [2.24, 2.45) is 0 Å². The normalized spacial score (nSPS) is 13.5. The number of hydrogen-bond donors (Lipinski definition) is 1. The van der Waals surface area contributed by atoms with Crippen molar-refractivity contribution in [3.8, 4) is 17.0 Å². The first-order chi connectivity index (χ1) is 12.6. The molecule has 2 aromatic carbocycles. The monoisotopic (exact) mass is 362 g/mol. The van der Waals surface area contributed by atoms with Gasteiger partial charge in [-0.1, -0.05) is 36.4 Å². The van der Waals surface area contributed by atoms with Gasteiger partial charge in [-0.2, -0.15) is 0 Å². The first-order valence-electron chi connectivity index (χ1n) is 8.26. The molecule has 0 bridgehead atoms. The summed E-state index contributed by atoms with van der Waals surface area (Å²) in [5, 5.41) is 14.8.